The smallest absolute Gasteiger partial charge is 0.272 e. The normalized spacial score (nSPS) is 16.5. The number of benzene rings is 1. The molecule has 1 aromatic carbocycles. The Kier molecular flexibility index (Phi) is 5.58. The van der Waals surface area contributed by atoms with Crippen molar-refractivity contribution in [3.8, 4) is 0 Å². The van der Waals surface area contributed by atoms with Crippen LogP contribution in [0, 0.1) is 0 Å². The summed E-state index contributed by atoms with van der Waals surface area (Å²) in [5.41, 5.74) is 3.00. The van der Waals surface area contributed by atoms with Crippen LogP contribution in [0.25, 0.3) is 0 Å². The Morgan fingerprint density at radius 2 is 1.88 bits per heavy atom. The summed E-state index contributed by atoms with van der Waals surface area (Å²) < 4.78 is 3.75. The van der Waals surface area contributed by atoms with Crippen LogP contribution >= 0.6 is 11.5 Å². The van der Waals surface area contributed by atoms with E-state index in [2.05, 4.69) is 57.9 Å². The van der Waals surface area contributed by atoms with Gasteiger partial charge in [0, 0.05) is 11.9 Å². The summed E-state index contributed by atoms with van der Waals surface area (Å²) in [6, 6.07) is 9.03. The van der Waals surface area contributed by atoms with Crippen LogP contribution in [-0.2, 0) is 0 Å². The molecule has 1 unspecified atom stereocenters. The molecule has 0 aliphatic carbocycles. The molecule has 3 rings (SSSR count). The lowest BCUT2D eigenvalue weighted by Gasteiger charge is -2.28. The highest BCUT2D eigenvalue weighted by atomic mass is 32.1. The standard InChI is InChI=1S/C18H24N4OS/c1-13(2)14-5-7-15(8-6-14)17(22-9-3-4-10-22)11-19-18(23)16-12-24-21-20-16/h5-8,12-13,17H,3-4,9-11H2,1-2H3,(H,19,23). The summed E-state index contributed by atoms with van der Waals surface area (Å²) in [5.74, 6) is 0.382. The number of aromatic nitrogens is 2. The maximum atomic E-state index is 12.2. The molecule has 1 fully saturated rings. The number of rotatable bonds is 6. The summed E-state index contributed by atoms with van der Waals surface area (Å²) in [5, 5.41) is 8.54. The first-order valence-electron chi connectivity index (χ1n) is 8.54. The van der Waals surface area contributed by atoms with Gasteiger partial charge in [-0.05, 0) is 54.5 Å². The highest BCUT2D eigenvalue weighted by Crippen LogP contribution is 2.26. The van der Waals surface area contributed by atoms with Crippen LogP contribution in [0.2, 0.25) is 0 Å². The Balaban J connectivity index is 1.72. The van der Waals surface area contributed by atoms with Crippen molar-refractivity contribution < 1.29 is 4.79 Å². The van der Waals surface area contributed by atoms with Gasteiger partial charge in [-0.2, -0.15) is 0 Å². The number of amides is 1. The van der Waals surface area contributed by atoms with Crippen molar-refractivity contribution in [2.45, 2.75) is 38.6 Å². The molecular formula is C18H24N4OS. The van der Waals surface area contributed by atoms with E-state index >= 15 is 0 Å². The van der Waals surface area contributed by atoms with Gasteiger partial charge in [-0.3, -0.25) is 9.69 Å². The van der Waals surface area contributed by atoms with Gasteiger partial charge >= 0.3 is 0 Å². The van der Waals surface area contributed by atoms with Gasteiger partial charge < -0.3 is 5.32 Å². The van der Waals surface area contributed by atoms with Crippen molar-refractivity contribution >= 4 is 17.4 Å². The number of nitrogens with one attached hydrogen (secondary N) is 1. The van der Waals surface area contributed by atoms with E-state index in [0.717, 1.165) is 13.1 Å². The topological polar surface area (TPSA) is 58.1 Å². The van der Waals surface area contributed by atoms with Crippen molar-refractivity contribution in [1.82, 2.24) is 19.8 Å². The minimum absolute atomic E-state index is 0.147. The molecule has 0 bridgehead atoms. The van der Waals surface area contributed by atoms with Crippen LogP contribution in [0.4, 0.5) is 0 Å². The van der Waals surface area contributed by atoms with E-state index < -0.39 is 0 Å². The monoisotopic (exact) mass is 344 g/mol. The summed E-state index contributed by atoms with van der Waals surface area (Å²) in [7, 11) is 0. The van der Waals surface area contributed by atoms with Gasteiger partial charge in [0.05, 0.1) is 6.04 Å². The molecule has 6 heteroatoms. The molecular weight excluding hydrogens is 320 g/mol. The van der Waals surface area contributed by atoms with E-state index in [-0.39, 0.29) is 11.9 Å². The number of carbonyl (C=O) groups is 1. The molecule has 2 heterocycles. The Morgan fingerprint density at radius 3 is 2.46 bits per heavy atom. The van der Waals surface area contributed by atoms with Crippen LogP contribution in [0.3, 0.4) is 0 Å². The molecule has 1 saturated heterocycles. The van der Waals surface area contributed by atoms with Crippen LogP contribution in [0.5, 0.6) is 0 Å². The zero-order valence-electron chi connectivity index (χ0n) is 14.2. The minimum Gasteiger partial charge on any atom is -0.349 e. The van der Waals surface area contributed by atoms with Gasteiger partial charge in [-0.1, -0.05) is 42.6 Å². The lowest BCUT2D eigenvalue weighted by atomic mass is 9.98. The van der Waals surface area contributed by atoms with Crippen molar-refractivity contribution in [3.63, 3.8) is 0 Å². The molecule has 128 valence electrons. The number of carbonyl (C=O) groups excluding carboxylic acids is 1. The van der Waals surface area contributed by atoms with Gasteiger partial charge in [0.2, 0.25) is 0 Å². The number of likely N-dealkylation sites (tertiary alicyclic amines) is 1. The van der Waals surface area contributed by atoms with E-state index in [1.807, 2.05) is 0 Å². The van der Waals surface area contributed by atoms with E-state index in [4.69, 9.17) is 0 Å². The molecule has 0 radical (unpaired) electrons. The van der Waals surface area contributed by atoms with Gasteiger partial charge in [0.25, 0.3) is 5.91 Å². The average Bonchev–Trinajstić information content (AvgIpc) is 3.29. The second kappa shape index (κ2) is 7.85. The summed E-state index contributed by atoms with van der Waals surface area (Å²) in [4.78, 5) is 14.6. The molecule has 1 atom stereocenters. The predicted octanol–water partition coefficient (Wildman–Crippen LogP) is 3.23. The van der Waals surface area contributed by atoms with Gasteiger partial charge in [-0.25, -0.2) is 0 Å². The fourth-order valence-electron chi connectivity index (χ4n) is 3.16. The quantitative estimate of drug-likeness (QED) is 0.874. The van der Waals surface area contributed by atoms with E-state index in [1.54, 1.807) is 5.38 Å². The van der Waals surface area contributed by atoms with Gasteiger partial charge in [-0.15, -0.1) is 5.10 Å². The highest BCUT2D eigenvalue weighted by Gasteiger charge is 2.24. The van der Waals surface area contributed by atoms with Crippen LogP contribution < -0.4 is 5.32 Å². The minimum atomic E-state index is -0.147. The predicted molar refractivity (Wildman–Crippen MR) is 96.3 cm³/mol. The zero-order chi connectivity index (χ0) is 16.9. The van der Waals surface area contributed by atoms with E-state index in [1.165, 1.54) is 35.5 Å². The van der Waals surface area contributed by atoms with Crippen molar-refractivity contribution in [3.05, 3.63) is 46.5 Å². The second-order valence-electron chi connectivity index (χ2n) is 6.58. The molecule has 1 amide bonds. The maximum absolute atomic E-state index is 12.2. The SMILES string of the molecule is CC(C)c1ccc(C(CNC(=O)c2csnn2)N2CCCC2)cc1. The number of hydrogen-bond donors (Lipinski definition) is 1. The number of hydrogen-bond acceptors (Lipinski definition) is 5. The van der Waals surface area contributed by atoms with Crippen LogP contribution in [0.15, 0.2) is 29.6 Å². The lowest BCUT2D eigenvalue weighted by Crippen LogP contribution is -2.37. The van der Waals surface area contributed by atoms with Crippen LogP contribution in [-0.4, -0.2) is 40.0 Å². The van der Waals surface area contributed by atoms with Crippen molar-refractivity contribution in [1.29, 1.82) is 0 Å². The van der Waals surface area contributed by atoms with Gasteiger partial charge in [0.1, 0.15) is 0 Å². The van der Waals surface area contributed by atoms with Crippen molar-refractivity contribution in [2.75, 3.05) is 19.6 Å². The van der Waals surface area contributed by atoms with E-state index in [0.29, 0.717) is 18.2 Å². The first kappa shape index (κ1) is 17.0. The van der Waals surface area contributed by atoms with Crippen molar-refractivity contribution in [2.24, 2.45) is 0 Å². The first-order chi connectivity index (χ1) is 11.6. The van der Waals surface area contributed by atoms with Gasteiger partial charge in [0.15, 0.2) is 5.69 Å². The fraction of sp³-hybridized carbons (Fsp3) is 0.500. The molecule has 1 aliphatic heterocycles. The molecule has 0 saturated carbocycles. The third-order valence-electron chi connectivity index (χ3n) is 4.62. The lowest BCUT2D eigenvalue weighted by molar-refractivity contribution is 0.0933. The summed E-state index contributed by atoms with van der Waals surface area (Å²) in [6.45, 7) is 7.18. The Labute approximate surface area is 147 Å². The van der Waals surface area contributed by atoms with Crippen LogP contribution in [0.1, 0.15) is 60.3 Å². The maximum Gasteiger partial charge on any atom is 0.272 e. The number of nitrogens with zero attached hydrogens (tertiary/aromatic N) is 3. The highest BCUT2D eigenvalue weighted by molar-refractivity contribution is 7.03. The summed E-state index contributed by atoms with van der Waals surface area (Å²) >= 11 is 1.20. The molecule has 1 N–H and O–H groups in total. The molecule has 1 aromatic heterocycles. The molecule has 0 spiro atoms. The average molecular weight is 344 g/mol. The van der Waals surface area contributed by atoms with E-state index in [9.17, 15) is 4.79 Å². The second-order valence-corrected chi connectivity index (χ2v) is 7.19. The Bertz CT molecular complexity index is 648. The Morgan fingerprint density at radius 1 is 1.21 bits per heavy atom. The Hall–Kier alpha value is -1.79. The largest absolute Gasteiger partial charge is 0.349 e. The molecule has 24 heavy (non-hydrogen) atoms. The first-order valence-corrected chi connectivity index (χ1v) is 9.38. The molecule has 2 aromatic rings. The fourth-order valence-corrected chi connectivity index (χ4v) is 3.59. The zero-order valence-corrected chi connectivity index (χ0v) is 15.1. The molecule has 5 nitrogen and oxygen atoms in total. The third-order valence-corrected chi connectivity index (χ3v) is 5.12. The molecule has 1 aliphatic rings. The summed E-state index contributed by atoms with van der Waals surface area (Å²) in [6.07, 6.45) is 2.45. The third kappa shape index (κ3) is 3.99.